The number of hydrogen-bond acceptors (Lipinski definition) is 6. The van der Waals surface area contributed by atoms with Crippen LogP contribution < -0.4 is 5.32 Å². The highest BCUT2D eigenvalue weighted by Crippen LogP contribution is 2.30. The Labute approximate surface area is 104 Å². The zero-order valence-corrected chi connectivity index (χ0v) is 10.6. The number of nitrogens with one attached hydrogen (secondary N) is 1. The number of fused-ring (bicyclic) bond motifs is 1. The van der Waals surface area contributed by atoms with E-state index in [9.17, 15) is 18.0 Å². The van der Waals surface area contributed by atoms with Crippen molar-refractivity contribution < 1.29 is 22.7 Å². The highest BCUT2D eigenvalue weighted by atomic mass is 32.2. The van der Waals surface area contributed by atoms with E-state index in [1.54, 1.807) is 0 Å². The summed E-state index contributed by atoms with van der Waals surface area (Å²) >= 11 is 0. The Bertz CT molecular complexity index is 635. The maximum Gasteiger partial charge on any atom is 0.337 e. The van der Waals surface area contributed by atoms with Crippen LogP contribution >= 0.6 is 0 Å². The maximum absolute atomic E-state index is 11.9. The molecule has 96 valence electrons. The Morgan fingerprint density at radius 1 is 1.39 bits per heavy atom. The van der Waals surface area contributed by atoms with Gasteiger partial charge < -0.3 is 10.1 Å². The number of ether oxygens (including phenoxy) is 1. The van der Waals surface area contributed by atoms with Gasteiger partial charge >= 0.3 is 5.97 Å². The van der Waals surface area contributed by atoms with E-state index in [1.165, 1.54) is 32.2 Å². The molecule has 2 rings (SSSR count). The number of methoxy groups -OCH3 is 1. The molecule has 1 aromatic rings. The van der Waals surface area contributed by atoms with E-state index in [0.29, 0.717) is 0 Å². The third kappa shape index (κ3) is 1.76. The van der Waals surface area contributed by atoms with Crippen LogP contribution in [0.15, 0.2) is 23.1 Å². The first-order chi connectivity index (χ1) is 8.37. The second-order valence-electron chi connectivity index (χ2n) is 3.89. The molecule has 0 saturated heterocycles. The number of sulfone groups is 1. The third-order valence-electron chi connectivity index (χ3n) is 2.68. The van der Waals surface area contributed by atoms with E-state index in [-0.39, 0.29) is 16.1 Å². The van der Waals surface area contributed by atoms with Crippen molar-refractivity contribution in [2.45, 2.75) is 17.9 Å². The molecule has 1 atom stereocenters. The van der Waals surface area contributed by atoms with E-state index in [1.807, 2.05) is 0 Å². The lowest BCUT2D eigenvalue weighted by molar-refractivity contribution is -0.112. The van der Waals surface area contributed by atoms with Gasteiger partial charge in [0.05, 0.1) is 29.3 Å². The first-order valence-corrected chi connectivity index (χ1v) is 6.64. The summed E-state index contributed by atoms with van der Waals surface area (Å²) in [6, 6.07) is 3.07. The maximum atomic E-state index is 11.9. The van der Waals surface area contributed by atoms with Gasteiger partial charge in [-0.1, -0.05) is 0 Å². The Balaban J connectivity index is 2.60. The molecule has 0 radical (unpaired) electrons. The van der Waals surface area contributed by atoms with Gasteiger partial charge in [-0.3, -0.25) is 4.79 Å². The van der Waals surface area contributed by atoms with Crippen LogP contribution in [0.2, 0.25) is 0 Å². The Kier molecular flexibility index (Phi) is 2.86. The average molecular weight is 269 g/mol. The minimum atomic E-state index is -3.97. The molecule has 1 aliphatic rings. The number of esters is 1. The van der Waals surface area contributed by atoms with Crippen LogP contribution in [0.25, 0.3) is 0 Å². The van der Waals surface area contributed by atoms with Crippen LogP contribution in [-0.2, 0) is 19.4 Å². The Morgan fingerprint density at radius 3 is 2.67 bits per heavy atom. The summed E-state index contributed by atoms with van der Waals surface area (Å²) in [5, 5.41) is 1.87. The largest absolute Gasteiger partial charge is 0.465 e. The molecule has 0 aliphatic carbocycles. The summed E-state index contributed by atoms with van der Waals surface area (Å²) in [6.07, 6.45) is 0. The standard InChI is InChI=1S/C11H11NO5S/c1-6-11(14)18(15,16)9-4-3-7(10(13)17-2)5-8(9)12-6/h3-6,12H,1-2H3. The summed E-state index contributed by atoms with van der Waals surface area (Å²) in [4.78, 5) is 22.8. The lowest BCUT2D eigenvalue weighted by Crippen LogP contribution is -2.37. The number of rotatable bonds is 1. The summed E-state index contributed by atoms with van der Waals surface area (Å²) in [5.74, 6) is -0.568. The van der Waals surface area contributed by atoms with E-state index in [4.69, 9.17) is 0 Å². The lowest BCUT2D eigenvalue weighted by atomic mass is 10.2. The molecule has 1 unspecified atom stereocenters. The molecule has 1 aromatic carbocycles. The number of benzene rings is 1. The molecule has 18 heavy (non-hydrogen) atoms. The quantitative estimate of drug-likeness (QED) is 0.750. The van der Waals surface area contributed by atoms with Crippen molar-refractivity contribution in [2.75, 3.05) is 12.4 Å². The summed E-state index contributed by atoms with van der Waals surface area (Å²) in [5.41, 5.74) is 0.463. The molecule has 6 nitrogen and oxygen atoms in total. The fraction of sp³-hybridized carbons (Fsp3) is 0.273. The predicted octanol–water partition coefficient (Wildman–Crippen LogP) is 0.587. The molecular formula is C11H11NO5S. The van der Waals surface area contributed by atoms with Gasteiger partial charge in [0.2, 0.25) is 9.84 Å². The van der Waals surface area contributed by atoms with Crippen molar-refractivity contribution in [1.29, 1.82) is 0 Å². The second-order valence-corrected chi connectivity index (χ2v) is 5.74. The first-order valence-electron chi connectivity index (χ1n) is 5.15. The predicted molar refractivity (Wildman–Crippen MR) is 63.1 cm³/mol. The minimum Gasteiger partial charge on any atom is -0.465 e. The van der Waals surface area contributed by atoms with Crippen LogP contribution in [0.5, 0.6) is 0 Å². The van der Waals surface area contributed by atoms with Crippen LogP contribution in [-0.4, -0.2) is 32.7 Å². The molecule has 1 N–H and O–H groups in total. The molecule has 1 aliphatic heterocycles. The van der Waals surface area contributed by atoms with Gasteiger partial charge in [0, 0.05) is 0 Å². The van der Waals surface area contributed by atoms with Crippen molar-refractivity contribution in [3.8, 4) is 0 Å². The Hall–Kier alpha value is -1.89. The molecule has 0 amide bonds. The third-order valence-corrected chi connectivity index (χ3v) is 4.50. The molecule has 1 heterocycles. The van der Waals surface area contributed by atoms with Crippen LogP contribution in [0.1, 0.15) is 17.3 Å². The SMILES string of the molecule is COC(=O)c1ccc2c(c1)NC(C)C(=O)S2(=O)=O. The van der Waals surface area contributed by atoms with Gasteiger partial charge in [-0.2, -0.15) is 0 Å². The molecule has 0 aromatic heterocycles. The highest BCUT2D eigenvalue weighted by molar-refractivity contribution is 8.06. The summed E-state index contributed by atoms with van der Waals surface area (Å²) in [7, 11) is -2.74. The summed E-state index contributed by atoms with van der Waals surface area (Å²) < 4.78 is 28.3. The van der Waals surface area contributed by atoms with E-state index < -0.39 is 27.0 Å². The van der Waals surface area contributed by atoms with Gasteiger partial charge in [0.25, 0.3) is 5.12 Å². The van der Waals surface area contributed by atoms with Crippen LogP contribution in [0.4, 0.5) is 5.69 Å². The van der Waals surface area contributed by atoms with Gasteiger partial charge in [-0.25, -0.2) is 13.2 Å². The number of anilines is 1. The zero-order chi connectivity index (χ0) is 13.5. The lowest BCUT2D eigenvalue weighted by Gasteiger charge is -2.23. The monoisotopic (exact) mass is 269 g/mol. The van der Waals surface area contributed by atoms with Crippen molar-refractivity contribution in [2.24, 2.45) is 0 Å². The van der Waals surface area contributed by atoms with Crippen molar-refractivity contribution >= 4 is 26.6 Å². The van der Waals surface area contributed by atoms with Gasteiger partial charge in [-0.05, 0) is 25.1 Å². The second kappa shape index (κ2) is 4.09. The Morgan fingerprint density at radius 2 is 2.06 bits per heavy atom. The van der Waals surface area contributed by atoms with Gasteiger partial charge in [0.15, 0.2) is 0 Å². The van der Waals surface area contributed by atoms with Crippen molar-refractivity contribution in [3.05, 3.63) is 23.8 Å². The number of hydrogen-bond donors (Lipinski definition) is 1. The van der Waals surface area contributed by atoms with Gasteiger partial charge in [-0.15, -0.1) is 0 Å². The topological polar surface area (TPSA) is 89.5 Å². The van der Waals surface area contributed by atoms with Gasteiger partial charge in [0.1, 0.15) is 0 Å². The average Bonchev–Trinajstić information content (AvgIpc) is 2.35. The molecule has 0 fully saturated rings. The smallest absolute Gasteiger partial charge is 0.337 e. The van der Waals surface area contributed by atoms with E-state index in [2.05, 4.69) is 10.1 Å². The fourth-order valence-corrected chi connectivity index (χ4v) is 3.15. The van der Waals surface area contributed by atoms with Crippen LogP contribution in [0.3, 0.4) is 0 Å². The number of carbonyl (C=O) groups excluding carboxylic acids is 2. The first kappa shape index (κ1) is 12.6. The van der Waals surface area contributed by atoms with E-state index >= 15 is 0 Å². The normalized spacial score (nSPS) is 20.8. The molecule has 7 heteroatoms. The molecular weight excluding hydrogens is 258 g/mol. The van der Waals surface area contributed by atoms with Crippen LogP contribution in [0, 0.1) is 0 Å². The van der Waals surface area contributed by atoms with Crippen molar-refractivity contribution in [1.82, 2.24) is 0 Å². The number of carbonyl (C=O) groups is 2. The summed E-state index contributed by atoms with van der Waals surface area (Å²) in [6.45, 7) is 1.45. The highest BCUT2D eigenvalue weighted by Gasteiger charge is 2.37. The van der Waals surface area contributed by atoms with Crippen molar-refractivity contribution in [3.63, 3.8) is 0 Å². The zero-order valence-electron chi connectivity index (χ0n) is 9.76. The molecule has 0 saturated carbocycles. The van der Waals surface area contributed by atoms with E-state index in [0.717, 1.165) is 0 Å². The fourth-order valence-electron chi connectivity index (χ4n) is 1.76. The molecule has 0 spiro atoms. The molecule has 0 bridgehead atoms. The minimum absolute atomic E-state index is 0.113.